The van der Waals surface area contributed by atoms with E-state index in [1.165, 1.54) is 0 Å². The van der Waals surface area contributed by atoms with E-state index in [9.17, 15) is 25.2 Å². The molecule has 1 heterocycles. The Morgan fingerprint density at radius 3 is 2.17 bits per heavy atom. The van der Waals surface area contributed by atoms with Crippen LogP contribution in [-0.2, 0) is 14.3 Å². The summed E-state index contributed by atoms with van der Waals surface area (Å²) in [4.78, 5) is 11.5. The first-order valence-electron chi connectivity index (χ1n) is 5.69. The Morgan fingerprint density at radius 1 is 1.11 bits per heavy atom. The van der Waals surface area contributed by atoms with E-state index in [1.54, 1.807) is 20.8 Å². The second-order valence-electron chi connectivity index (χ2n) is 5.39. The molecule has 18 heavy (non-hydrogen) atoms. The molecule has 7 nitrogen and oxygen atoms in total. The van der Waals surface area contributed by atoms with Gasteiger partial charge in [0.05, 0.1) is 5.41 Å². The third-order valence-electron chi connectivity index (χ3n) is 2.68. The van der Waals surface area contributed by atoms with Gasteiger partial charge in [-0.3, -0.25) is 4.79 Å². The molecule has 106 valence electrons. The number of aliphatic hydroxyl groups excluding tert-OH is 4. The van der Waals surface area contributed by atoms with Crippen LogP contribution in [0.2, 0.25) is 0 Å². The Kier molecular flexibility index (Phi) is 4.68. The van der Waals surface area contributed by atoms with Crippen molar-refractivity contribution in [3.05, 3.63) is 0 Å². The predicted molar refractivity (Wildman–Crippen MR) is 59.3 cm³/mol. The van der Waals surface area contributed by atoms with Gasteiger partial charge in [0.2, 0.25) is 0 Å². The molecule has 0 radical (unpaired) electrons. The van der Waals surface area contributed by atoms with Crippen LogP contribution in [0.1, 0.15) is 20.8 Å². The Morgan fingerprint density at radius 2 is 1.67 bits per heavy atom. The van der Waals surface area contributed by atoms with Crippen LogP contribution in [0, 0.1) is 5.41 Å². The van der Waals surface area contributed by atoms with Gasteiger partial charge in [-0.1, -0.05) is 0 Å². The number of esters is 1. The summed E-state index contributed by atoms with van der Waals surface area (Å²) in [6, 6.07) is 0. The molecule has 0 unspecified atom stereocenters. The highest BCUT2D eigenvalue weighted by atomic mass is 16.6. The summed E-state index contributed by atoms with van der Waals surface area (Å²) in [6.45, 7) is 4.70. The molecule has 0 aromatic rings. The smallest absolute Gasteiger partial charge is 0.311 e. The van der Waals surface area contributed by atoms with Crippen molar-refractivity contribution < 1.29 is 34.7 Å². The maximum Gasteiger partial charge on any atom is 0.311 e. The van der Waals surface area contributed by atoms with Crippen LogP contribution in [0.25, 0.3) is 0 Å². The van der Waals surface area contributed by atoms with Gasteiger partial charge in [0.1, 0.15) is 31.0 Å². The van der Waals surface area contributed by atoms with E-state index in [0.29, 0.717) is 0 Å². The van der Waals surface area contributed by atoms with Crippen molar-refractivity contribution in [2.45, 2.75) is 51.5 Å². The lowest BCUT2D eigenvalue weighted by Gasteiger charge is -2.38. The maximum atomic E-state index is 11.5. The molecule has 0 aromatic carbocycles. The summed E-state index contributed by atoms with van der Waals surface area (Å²) in [5.41, 5.74) is -0.698. The minimum atomic E-state index is -1.62. The normalized spacial score (nSPS) is 37.4. The lowest BCUT2D eigenvalue weighted by Crippen LogP contribution is -2.58. The van der Waals surface area contributed by atoms with E-state index in [1.807, 2.05) is 0 Å². The Bertz CT molecular complexity index is 298. The van der Waals surface area contributed by atoms with Gasteiger partial charge in [0.15, 0.2) is 6.29 Å². The lowest BCUT2D eigenvalue weighted by atomic mass is 9.97. The topological polar surface area (TPSA) is 116 Å². The van der Waals surface area contributed by atoms with Crippen LogP contribution in [0.4, 0.5) is 0 Å². The minimum absolute atomic E-state index is 0.307. The monoisotopic (exact) mass is 264 g/mol. The van der Waals surface area contributed by atoms with E-state index >= 15 is 0 Å². The molecule has 1 aliphatic rings. The molecule has 1 rings (SSSR count). The van der Waals surface area contributed by atoms with Crippen molar-refractivity contribution in [1.82, 2.24) is 0 Å². The van der Waals surface area contributed by atoms with Crippen molar-refractivity contribution >= 4 is 5.97 Å². The second-order valence-corrected chi connectivity index (χ2v) is 5.39. The second kappa shape index (κ2) is 5.50. The zero-order chi connectivity index (χ0) is 14.1. The number of hydrogen-bond donors (Lipinski definition) is 4. The van der Waals surface area contributed by atoms with Crippen molar-refractivity contribution in [3.8, 4) is 0 Å². The van der Waals surface area contributed by atoms with Gasteiger partial charge in [-0.25, -0.2) is 0 Å². The first-order valence-corrected chi connectivity index (χ1v) is 5.69. The first-order chi connectivity index (χ1) is 8.14. The summed E-state index contributed by atoms with van der Waals surface area (Å²) >= 11 is 0. The third kappa shape index (κ3) is 3.39. The third-order valence-corrected chi connectivity index (χ3v) is 2.68. The van der Waals surface area contributed by atoms with E-state index in [-0.39, 0.29) is 6.61 Å². The van der Waals surface area contributed by atoms with Crippen LogP contribution < -0.4 is 0 Å². The highest BCUT2D eigenvalue weighted by molar-refractivity contribution is 5.75. The molecule has 1 fully saturated rings. The standard InChI is InChI=1S/C11H20O7/c1-11(2,3)10(16)17-4-5-6(12)7(13)8(14)9(15)18-5/h5-9,12-15H,4H2,1-3H3/t5-,6-,7+,8+,9+/m1/s1. The molecule has 0 aromatic heterocycles. The largest absolute Gasteiger partial charge is 0.462 e. The molecule has 5 atom stereocenters. The molecule has 1 aliphatic heterocycles. The average molecular weight is 264 g/mol. The van der Waals surface area contributed by atoms with Crippen LogP contribution in [0.5, 0.6) is 0 Å². The highest BCUT2D eigenvalue weighted by Crippen LogP contribution is 2.21. The lowest BCUT2D eigenvalue weighted by molar-refractivity contribution is -0.287. The number of hydrogen-bond acceptors (Lipinski definition) is 7. The van der Waals surface area contributed by atoms with Gasteiger partial charge >= 0.3 is 5.97 Å². The summed E-state index contributed by atoms with van der Waals surface area (Å²) in [7, 11) is 0. The summed E-state index contributed by atoms with van der Waals surface area (Å²) in [5.74, 6) is -0.492. The van der Waals surface area contributed by atoms with Crippen molar-refractivity contribution in [2.24, 2.45) is 5.41 Å². The Labute approximate surface area is 105 Å². The predicted octanol–water partition coefficient (Wildman–Crippen LogP) is -1.62. The molecule has 0 aliphatic carbocycles. The fraction of sp³-hybridized carbons (Fsp3) is 0.909. The molecule has 0 saturated carbocycles. The number of carbonyl (C=O) groups is 1. The summed E-state index contributed by atoms with van der Waals surface area (Å²) in [5, 5.41) is 37.6. The summed E-state index contributed by atoms with van der Waals surface area (Å²) in [6.07, 6.45) is -7.27. The van der Waals surface area contributed by atoms with Gasteiger partial charge in [-0.15, -0.1) is 0 Å². The molecule has 0 spiro atoms. The Balaban J connectivity index is 2.55. The van der Waals surface area contributed by atoms with E-state index < -0.39 is 42.1 Å². The van der Waals surface area contributed by atoms with Crippen LogP contribution in [0.3, 0.4) is 0 Å². The van der Waals surface area contributed by atoms with Crippen LogP contribution in [-0.4, -0.2) is 63.7 Å². The fourth-order valence-electron chi connectivity index (χ4n) is 1.44. The van der Waals surface area contributed by atoms with Crippen molar-refractivity contribution in [1.29, 1.82) is 0 Å². The molecular weight excluding hydrogens is 244 g/mol. The SMILES string of the molecule is CC(C)(C)C(=O)OC[C@H]1O[C@H](O)[C@@H](O)[C@@H](O)[C@@H]1O. The number of rotatable bonds is 2. The van der Waals surface area contributed by atoms with Gasteiger partial charge in [-0.05, 0) is 20.8 Å². The molecule has 0 bridgehead atoms. The zero-order valence-corrected chi connectivity index (χ0v) is 10.6. The van der Waals surface area contributed by atoms with E-state index in [2.05, 4.69) is 0 Å². The Hall–Kier alpha value is -0.730. The van der Waals surface area contributed by atoms with Gasteiger partial charge < -0.3 is 29.9 Å². The first kappa shape index (κ1) is 15.3. The number of carbonyl (C=O) groups excluding carboxylic acids is 1. The molecule has 7 heteroatoms. The van der Waals surface area contributed by atoms with Gasteiger partial charge in [0.25, 0.3) is 0 Å². The van der Waals surface area contributed by atoms with Crippen molar-refractivity contribution in [2.75, 3.05) is 6.61 Å². The zero-order valence-electron chi connectivity index (χ0n) is 10.6. The van der Waals surface area contributed by atoms with Gasteiger partial charge in [-0.2, -0.15) is 0 Å². The molecule has 4 N–H and O–H groups in total. The van der Waals surface area contributed by atoms with Gasteiger partial charge in [0, 0.05) is 0 Å². The highest BCUT2D eigenvalue weighted by Gasteiger charge is 2.43. The molecule has 0 amide bonds. The van der Waals surface area contributed by atoms with E-state index in [0.717, 1.165) is 0 Å². The number of aliphatic hydroxyl groups is 4. The van der Waals surface area contributed by atoms with Crippen LogP contribution >= 0.6 is 0 Å². The quantitative estimate of drug-likeness (QED) is 0.443. The average Bonchev–Trinajstić information content (AvgIpc) is 2.27. The molecule has 1 saturated heterocycles. The molecular formula is C11H20O7. The maximum absolute atomic E-state index is 11.5. The summed E-state index contributed by atoms with van der Waals surface area (Å²) < 4.78 is 9.78. The minimum Gasteiger partial charge on any atom is -0.462 e. The fourth-order valence-corrected chi connectivity index (χ4v) is 1.44. The van der Waals surface area contributed by atoms with E-state index in [4.69, 9.17) is 9.47 Å². The number of ether oxygens (including phenoxy) is 2. The van der Waals surface area contributed by atoms with Crippen LogP contribution in [0.15, 0.2) is 0 Å². The van der Waals surface area contributed by atoms with Crippen molar-refractivity contribution in [3.63, 3.8) is 0 Å².